The van der Waals surface area contributed by atoms with E-state index >= 15 is 0 Å². The number of ether oxygens (including phenoxy) is 1. The minimum Gasteiger partial charge on any atom is -0.385 e. The fourth-order valence-corrected chi connectivity index (χ4v) is 2.61. The Morgan fingerprint density at radius 3 is 2.56 bits per heavy atom. The van der Waals surface area contributed by atoms with Crippen molar-refractivity contribution in [3.05, 3.63) is 0 Å². The van der Waals surface area contributed by atoms with E-state index in [1.165, 1.54) is 0 Å². The molecule has 0 saturated carbocycles. The molecule has 7 nitrogen and oxygen atoms in total. The molecule has 1 saturated heterocycles. The number of nitrogens with one attached hydrogen (secondary N) is 2. The lowest BCUT2D eigenvalue weighted by Gasteiger charge is -2.33. The van der Waals surface area contributed by atoms with Gasteiger partial charge in [-0.1, -0.05) is 6.92 Å². The molecule has 0 radical (unpaired) electrons. The summed E-state index contributed by atoms with van der Waals surface area (Å²) in [5.41, 5.74) is 0. The first-order valence-electron chi connectivity index (χ1n) is 9.03. The number of halogens is 1. The largest absolute Gasteiger partial charge is 0.385 e. The highest BCUT2D eigenvalue weighted by atomic mass is 127. The third-order valence-corrected chi connectivity index (χ3v) is 4.16. The maximum atomic E-state index is 11.7. The molecule has 1 amide bonds. The maximum absolute atomic E-state index is 11.7. The van der Waals surface area contributed by atoms with Crippen LogP contribution < -0.4 is 10.6 Å². The van der Waals surface area contributed by atoms with E-state index < -0.39 is 0 Å². The van der Waals surface area contributed by atoms with Crippen molar-refractivity contribution in [2.45, 2.75) is 38.6 Å². The van der Waals surface area contributed by atoms with Gasteiger partial charge in [-0.3, -0.25) is 4.79 Å². The molecular weight excluding hydrogens is 433 g/mol. The minimum atomic E-state index is 0. The number of hydrogen-bond donors (Lipinski definition) is 2. The number of amides is 1. The van der Waals surface area contributed by atoms with E-state index in [2.05, 4.69) is 27.4 Å². The van der Waals surface area contributed by atoms with Crippen molar-refractivity contribution in [3.63, 3.8) is 0 Å². The zero-order valence-corrected chi connectivity index (χ0v) is 18.5. The predicted octanol–water partition coefficient (Wildman–Crippen LogP) is 1.14. The fraction of sp³-hybridized carbons (Fsp3) is 0.882. The Morgan fingerprint density at radius 2 is 2.00 bits per heavy atom. The molecule has 0 bridgehead atoms. The standard InChI is InChI=1S/C17H35N5O2.HI/c1-5-9-18-17(19-14-16(23)21(2)3)20-15-7-11-22(12-8-15)10-6-13-24-4;/h15H,5-14H2,1-4H3,(H2,18,19,20);1H. The molecule has 1 heterocycles. The van der Waals surface area contributed by atoms with Gasteiger partial charge in [-0.15, -0.1) is 24.0 Å². The van der Waals surface area contributed by atoms with E-state index in [1.54, 1.807) is 26.1 Å². The monoisotopic (exact) mass is 469 g/mol. The number of carbonyl (C=O) groups is 1. The van der Waals surface area contributed by atoms with Crippen LogP contribution >= 0.6 is 24.0 Å². The van der Waals surface area contributed by atoms with Gasteiger partial charge in [0.05, 0.1) is 0 Å². The summed E-state index contributed by atoms with van der Waals surface area (Å²) < 4.78 is 5.11. The number of methoxy groups -OCH3 is 1. The van der Waals surface area contributed by atoms with Gasteiger partial charge in [0.15, 0.2) is 5.96 Å². The van der Waals surface area contributed by atoms with Gasteiger partial charge in [-0.2, -0.15) is 0 Å². The van der Waals surface area contributed by atoms with Crippen molar-refractivity contribution >= 4 is 35.8 Å². The number of piperidine rings is 1. The normalized spacial score (nSPS) is 16.2. The molecule has 0 spiro atoms. The van der Waals surface area contributed by atoms with E-state index in [-0.39, 0.29) is 36.4 Å². The molecule has 0 aromatic rings. The number of hydrogen-bond acceptors (Lipinski definition) is 4. The first-order valence-corrected chi connectivity index (χ1v) is 9.03. The molecule has 1 aliphatic heterocycles. The number of likely N-dealkylation sites (N-methyl/N-ethyl adjacent to an activating group) is 1. The van der Waals surface area contributed by atoms with Crippen LogP contribution in [0.15, 0.2) is 4.99 Å². The fourth-order valence-electron chi connectivity index (χ4n) is 2.61. The van der Waals surface area contributed by atoms with Gasteiger partial charge in [-0.25, -0.2) is 4.99 Å². The third kappa shape index (κ3) is 10.9. The molecule has 0 aromatic carbocycles. The van der Waals surface area contributed by atoms with Crippen LogP contribution in [0.3, 0.4) is 0 Å². The molecular formula is C17H36IN5O2. The Bertz CT molecular complexity index is 385. The van der Waals surface area contributed by atoms with Crippen LogP contribution in [0.25, 0.3) is 0 Å². The van der Waals surface area contributed by atoms with Crippen LogP contribution in [0.5, 0.6) is 0 Å². The summed E-state index contributed by atoms with van der Waals surface area (Å²) >= 11 is 0. The third-order valence-electron chi connectivity index (χ3n) is 4.16. The second kappa shape index (κ2) is 14.5. The van der Waals surface area contributed by atoms with E-state index in [0.29, 0.717) is 6.04 Å². The van der Waals surface area contributed by atoms with E-state index in [0.717, 1.165) is 64.4 Å². The summed E-state index contributed by atoms with van der Waals surface area (Å²) in [7, 11) is 5.26. The molecule has 0 aliphatic carbocycles. The van der Waals surface area contributed by atoms with Crippen LogP contribution in [-0.4, -0.2) is 88.2 Å². The highest BCUT2D eigenvalue weighted by Gasteiger charge is 2.19. The van der Waals surface area contributed by atoms with Crippen LogP contribution in [0, 0.1) is 0 Å². The lowest BCUT2D eigenvalue weighted by atomic mass is 10.1. The van der Waals surface area contributed by atoms with Crippen molar-refractivity contribution in [3.8, 4) is 0 Å². The van der Waals surface area contributed by atoms with E-state index in [9.17, 15) is 4.79 Å². The maximum Gasteiger partial charge on any atom is 0.243 e. The van der Waals surface area contributed by atoms with Crippen LogP contribution in [0.4, 0.5) is 0 Å². The van der Waals surface area contributed by atoms with Crippen LogP contribution in [-0.2, 0) is 9.53 Å². The first-order chi connectivity index (χ1) is 11.6. The molecule has 0 unspecified atom stereocenters. The Hall–Kier alpha value is -0.610. The van der Waals surface area contributed by atoms with Crippen LogP contribution in [0.1, 0.15) is 32.6 Å². The second-order valence-electron chi connectivity index (χ2n) is 6.49. The Kier molecular flexibility index (Phi) is 14.2. The number of rotatable bonds is 9. The molecule has 1 aliphatic rings. The van der Waals surface area contributed by atoms with Gasteiger partial charge in [-0.05, 0) is 25.7 Å². The Morgan fingerprint density at radius 1 is 1.32 bits per heavy atom. The zero-order valence-electron chi connectivity index (χ0n) is 16.2. The number of guanidine groups is 1. The van der Waals surface area contributed by atoms with Gasteiger partial charge in [0.2, 0.25) is 5.91 Å². The summed E-state index contributed by atoms with van der Waals surface area (Å²) in [5, 5.41) is 6.79. The van der Waals surface area contributed by atoms with Crippen molar-refractivity contribution in [1.29, 1.82) is 0 Å². The average molecular weight is 469 g/mol. The summed E-state index contributed by atoms with van der Waals surface area (Å²) in [6.45, 7) is 7.29. The predicted molar refractivity (Wildman–Crippen MR) is 114 cm³/mol. The lowest BCUT2D eigenvalue weighted by Crippen LogP contribution is -2.49. The summed E-state index contributed by atoms with van der Waals surface area (Å²) in [4.78, 5) is 20.2. The van der Waals surface area contributed by atoms with Crippen LogP contribution in [0.2, 0.25) is 0 Å². The summed E-state index contributed by atoms with van der Waals surface area (Å²) in [6.07, 6.45) is 4.31. The van der Waals surface area contributed by atoms with Gasteiger partial charge in [0, 0.05) is 60.0 Å². The minimum absolute atomic E-state index is 0. The van der Waals surface area contributed by atoms with Gasteiger partial charge in [0.1, 0.15) is 6.54 Å². The number of aliphatic imine (C=N–C) groups is 1. The number of nitrogens with zero attached hydrogens (tertiary/aromatic N) is 3. The smallest absolute Gasteiger partial charge is 0.243 e. The highest BCUT2D eigenvalue weighted by Crippen LogP contribution is 2.10. The lowest BCUT2D eigenvalue weighted by molar-refractivity contribution is -0.127. The molecule has 8 heteroatoms. The number of likely N-dealkylation sites (tertiary alicyclic amines) is 1. The van der Waals surface area contributed by atoms with Crippen molar-refractivity contribution in [2.24, 2.45) is 4.99 Å². The number of carbonyl (C=O) groups excluding carboxylic acids is 1. The van der Waals surface area contributed by atoms with E-state index in [4.69, 9.17) is 4.74 Å². The molecule has 25 heavy (non-hydrogen) atoms. The summed E-state index contributed by atoms with van der Waals surface area (Å²) in [6, 6.07) is 0.418. The molecule has 148 valence electrons. The van der Waals surface area contributed by atoms with Gasteiger partial charge >= 0.3 is 0 Å². The highest BCUT2D eigenvalue weighted by molar-refractivity contribution is 14.0. The van der Waals surface area contributed by atoms with Gasteiger partial charge < -0.3 is 25.2 Å². The van der Waals surface area contributed by atoms with Crippen molar-refractivity contribution < 1.29 is 9.53 Å². The quantitative estimate of drug-likeness (QED) is 0.230. The molecule has 2 N–H and O–H groups in total. The van der Waals surface area contributed by atoms with Gasteiger partial charge in [0.25, 0.3) is 0 Å². The average Bonchev–Trinajstić information content (AvgIpc) is 2.58. The Balaban J connectivity index is 0.00000576. The van der Waals surface area contributed by atoms with Crippen molar-refractivity contribution in [2.75, 3.05) is 60.5 Å². The molecule has 1 fully saturated rings. The molecule has 0 aromatic heterocycles. The summed E-state index contributed by atoms with van der Waals surface area (Å²) in [5.74, 6) is 0.769. The first kappa shape index (κ1) is 24.4. The zero-order chi connectivity index (χ0) is 17.8. The molecule has 0 atom stereocenters. The second-order valence-corrected chi connectivity index (χ2v) is 6.49. The topological polar surface area (TPSA) is 69.2 Å². The molecule has 1 rings (SSSR count). The van der Waals surface area contributed by atoms with E-state index in [1.807, 2.05) is 0 Å². The van der Waals surface area contributed by atoms with Crippen molar-refractivity contribution in [1.82, 2.24) is 20.4 Å². The SMILES string of the molecule is CCCNC(=NCC(=O)N(C)C)NC1CCN(CCCOC)CC1.I. The Labute approximate surface area is 170 Å².